The Balaban J connectivity index is 4.50. The molecule has 0 heterocycles. The lowest BCUT2D eigenvalue weighted by molar-refractivity contribution is -0.145. The van der Waals surface area contributed by atoms with Crippen LogP contribution >= 0.6 is 35.0 Å². The van der Waals surface area contributed by atoms with E-state index in [1.807, 2.05) is 6.26 Å². The van der Waals surface area contributed by atoms with Crippen molar-refractivity contribution in [1.29, 1.82) is 0 Å². The number of alkyl halides is 2. The van der Waals surface area contributed by atoms with Gasteiger partial charge in [-0.05, 0) is 25.5 Å². The van der Waals surface area contributed by atoms with Gasteiger partial charge in [0.1, 0.15) is 24.9 Å². The molecule has 0 aliphatic carbocycles. The highest BCUT2D eigenvalue weighted by molar-refractivity contribution is 7.99. The van der Waals surface area contributed by atoms with Crippen molar-refractivity contribution in [2.45, 2.75) is 51.4 Å². The Morgan fingerprint density at radius 2 is 1.14 bits per heavy atom. The van der Waals surface area contributed by atoms with Gasteiger partial charge in [-0.1, -0.05) is 0 Å². The maximum atomic E-state index is 13.4. The molecule has 332 valence electrons. The summed E-state index contributed by atoms with van der Waals surface area (Å²) in [6, 6.07) is 0. The van der Waals surface area contributed by atoms with E-state index in [1.54, 1.807) is 0 Å². The molecule has 0 radical (unpaired) electrons. The quantitative estimate of drug-likeness (QED) is 0.0410. The Kier molecular flexibility index (Phi) is 33.5. The fourth-order valence-corrected chi connectivity index (χ4v) is 5.60. The maximum absolute atomic E-state index is 13.4. The Labute approximate surface area is 352 Å². The maximum Gasteiger partial charge on any atom is 0.306 e. The molecule has 0 fully saturated rings. The number of carboxylic acids is 2. The molecular formula is C36H58Cl2N4O15S. The molecule has 0 saturated carbocycles. The lowest BCUT2D eigenvalue weighted by Gasteiger charge is -2.27. The largest absolute Gasteiger partial charge is 0.481 e. The summed E-state index contributed by atoms with van der Waals surface area (Å²) in [7, 11) is 0. The van der Waals surface area contributed by atoms with Gasteiger partial charge in [-0.2, -0.15) is 11.8 Å². The van der Waals surface area contributed by atoms with Crippen LogP contribution in [0, 0.1) is 11.8 Å². The second-order valence-corrected chi connectivity index (χ2v) is 14.1. The molecule has 0 saturated heterocycles. The van der Waals surface area contributed by atoms with Crippen molar-refractivity contribution in [1.82, 2.24) is 20.9 Å². The van der Waals surface area contributed by atoms with Crippen molar-refractivity contribution in [2.75, 3.05) is 109 Å². The molecule has 19 nitrogen and oxygen atoms in total. The monoisotopic (exact) mass is 888 g/mol. The first-order chi connectivity index (χ1) is 27.7. The molecule has 58 heavy (non-hydrogen) atoms. The highest BCUT2D eigenvalue weighted by atomic mass is 35.5. The molecule has 2 atom stereocenters. The third-order valence-electron chi connectivity index (χ3n) is 7.93. The molecule has 5 N–H and O–H groups in total. The van der Waals surface area contributed by atoms with Crippen molar-refractivity contribution in [3.63, 3.8) is 0 Å². The molecule has 0 aromatic heterocycles. The first-order valence-electron chi connectivity index (χ1n) is 18.7. The fourth-order valence-electron chi connectivity index (χ4n) is 5.01. The van der Waals surface area contributed by atoms with Gasteiger partial charge >= 0.3 is 11.9 Å². The molecule has 4 amide bonds. The highest BCUT2D eigenvalue weighted by Gasteiger charge is 2.28. The summed E-state index contributed by atoms with van der Waals surface area (Å²) in [5, 5.41) is 26.5. The van der Waals surface area contributed by atoms with Crippen molar-refractivity contribution < 1.29 is 72.3 Å². The van der Waals surface area contributed by atoms with Crippen LogP contribution in [-0.2, 0) is 62.1 Å². The predicted molar refractivity (Wildman–Crippen MR) is 213 cm³/mol. The number of hydrogen-bond donors (Lipinski definition) is 5. The van der Waals surface area contributed by atoms with Crippen molar-refractivity contribution in [3.8, 4) is 0 Å². The molecule has 0 rings (SSSR count). The zero-order valence-corrected chi connectivity index (χ0v) is 35.3. The summed E-state index contributed by atoms with van der Waals surface area (Å²) in [6.45, 7) is 0.715. The second kappa shape index (κ2) is 35.5. The fraction of sp³-hybridized carbons (Fsp3) is 0.750. The summed E-state index contributed by atoms with van der Waals surface area (Å²) < 4.78 is 21.3. The molecule has 22 heteroatoms. The number of halogens is 2. The first kappa shape index (κ1) is 54.6. The number of nitrogens with one attached hydrogen (secondary N) is 3. The summed E-state index contributed by atoms with van der Waals surface area (Å²) in [5.41, 5.74) is 0. The van der Waals surface area contributed by atoms with Crippen LogP contribution < -0.4 is 16.0 Å². The highest BCUT2D eigenvalue weighted by Crippen LogP contribution is 2.17. The topological polar surface area (TPSA) is 270 Å². The van der Waals surface area contributed by atoms with Crippen LogP contribution in [0.3, 0.4) is 0 Å². The zero-order valence-electron chi connectivity index (χ0n) is 32.9. The number of nitrogens with zero attached hydrogens (tertiary/aromatic N) is 1. The number of ketones is 3. The van der Waals surface area contributed by atoms with E-state index in [4.69, 9.17) is 42.1 Å². The Hall–Kier alpha value is -3.40. The van der Waals surface area contributed by atoms with Crippen LogP contribution in [0.25, 0.3) is 0 Å². The van der Waals surface area contributed by atoms with E-state index in [-0.39, 0.29) is 154 Å². The minimum absolute atomic E-state index is 0.00237. The number of amides is 4. The van der Waals surface area contributed by atoms with Crippen LogP contribution in [0.5, 0.6) is 0 Å². The van der Waals surface area contributed by atoms with Crippen molar-refractivity contribution >= 4 is 87.9 Å². The van der Waals surface area contributed by atoms with Crippen molar-refractivity contribution in [2.24, 2.45) is 11.8 Å². The Morgan fingerprint density at radius 1 is 0.603 bits per heavy atom. The van der Waals surface area contributed by atoms with Gasteiger partial charge in [0.15, 0.2) is 11.6 Å². The number of hydrogen-bond acceptors (Lipinski definition) is 14. The van der Waals surface area contributed by atoms with Gasteiger partial charge in [-0.3, -0.25) is 43.2 Å². The molecule has 0 aromatic rings. The van der Waals surface area contributed by atoms with E-state index in [9.17, 15) is 53.4 Å². The van der Waals surface area contributed by atoms with Crippen molar-refractivity contribution in [3.05, 3.63) is 0 Å². The van der Waals surface area contributed by atoms with Gasteiger partial charge in [-0.25, -0.2) is 0 Å². The van der Waals surface area contributed by atoms with Gasteiger partial charge in [-0.15, -0.1) is 23.2 Å². The van der Waals surface area contributed by atoms with Gasteiger partial charge < -0.3 is 50.0 Å². The van der Waals surface area contributed by atoms with Crippen LogP contribution in [0.15, 0.2) is 0 Å². The standard InChI is InChI=1S/C36H58Cl2N4O15S/c1-58-25-33(48)41-10-14-55-16-18-57-24-30(45)20-27(36(52)53)4-6-31(46)40-9-13-54-15-17-56-23-29(44)19-26(5-7-34(49)50)35(51)42(11-2-3-28(43)21-37)12-8-39-32(47)22-38/h26-27H,2-25H2,1H3,(H,39,47)(H,40,46)(H,41,48)(H,49,50)(H,52,53)/t26-,27?/m0/s1. The smallest absolute Gasteiger partial charge is 0.306 e. The van der Waals surface area contributed by atoms with E-state index in [1.165, 1.54) is 16.7 Å². The molecule has 0 aromatic carbocycles. The van der Waals surface area contributed by atoms with E-state index in [2.05, 4.69) is 16.0 Å². The predicted octanol–water partition coefficient (Wildman–Crippen LogP) is 0.300. The molecule has 0 aliphatic heterocycles. The van der Waals surface area contributed by atoms with E-state index in [0.717, 1.165) is 0 Å². The van der Waals surface area contributed by atoms with E-state index in [0.29, 0.717) is 12.3 Å². The average molecular weight is 890 g/mol. The summed E-state index contributed by atoms with van der Waals surface area (Å²) in [6.07, 6.45) is 0.916. The number of carbonyl (C=O) groups is 9. The summed E-state index contributed by atoms with van der Waals surface area (Å²) in [4.78, 5) is 109. The van der Waals surface area contributed by atoms with Gasteiger partial charge in [0.2, 0.25) is 23.6 Å². The number of Topliss-reactive ketones (excluding diaryl/α,β-unsaturated/α-hetero) is 3. The minimum atomic E-state index is -1.21. The third-order valence-corrected chi connectivity index (χ3v) is 9.02. The lowest BCUT2D eigenvalue weighted by atomic mass is 9.95. The molecule has 0 spiro atoms. The number of thioether (sulfide) groups is 1. The number of carboxylic acid groups (broad SMARTS) is 2. The zero-order chi connectivity index (χ0) is 43.6. The van der Waals surface area contributed by atoms with Gasteiger partial charge in [0, 0.05) is 70.7 Å². The number of rotatable bonds is 39. The van der Waals surface area contributed by atoms with Crippen LogP contribution in [-0.4, -0.2) is 177 Å². The first-order valence-corrected chi connectivity index (χ1v) is 21.2. The average Bonchev–Trinajstić information content (AvgIpc) is 3.18. The number of ether oxygens (including phenoxy) is 4. The lowest BCUT2D eigenvalue weighted by Crippen LogP contribution is -2.43. The van der Waals surface area contributed by atoms with Crippen LogP contribution in [0.4, 0.5) is 0 Å². The van der Waals surface area contributed by atoms with Crippen LogP contribution in [0.1, 0.15) is 51.4 Å². The molecule has 0 bridgehead atoms. The second-order valence-electron chi connectivity index (χ2n) is 12.7. The third kappa shape index (κ3) is 30.6. The van der Waals surface area contributed by atoms with Crippen LogP contribution in [0.2, 0.25) is 0 Å². The molecule has 0 aliphatic rings. The number of carbonyl (C=O) groups excluding carboxylic acids is 7. The number of aliphatic carboxylic acids is 2. The SMILES string of the molecule is CSCC(=O)NCCOCCOCC(=O)CC(CCC(=O)NCCOCCOCC(=O)C[C@H](CCC(=O)O)C(=O)N(CCCC(=O)CCl)CCNC(=O)CCl)C(=O)O. The summed E-state index contributed by atoms with van der Waals surface area (Å²) in [5.74, 6) is -7.10. The Bertz CT molecular complexity index is 1280. The summed E-state index contributed by atoms with van der Waals surface area (Å²) >= 11 is 12.5. The molecular weight excluding hydrogens is 831 g/mol. The normalized spacial score (nSPS) is 11.9. The van der Waals surface area contributed by atoms with E-state index < -0.39 is 53.1 Å². The van der Waals surface area contributed by atoms with Gasteiger partial charge in [0.05, 0.1) is 57.2 Å². The Morgan fingerprint density at radius 3 is 1.67 bits per heavy atom. The molecule has 1 unspecified atom stereocenters. The minimum Gasteiger partial charge on any atom is -0.481 e. The van der Waals surface area contributed by atoms with Gasteiger partial charge in [0.25, 0.3) is 0 Å². The van der Waals surface area contributed by atoms with E-state index >= 15 is 0 Å².